The van der Waals surface area contributed by atoms with Crippen LogP contribution in [0.2, 0.25) is 0 Å². The van der Waals surface area contributed by atoms with Gasteiger partial charge in [0, 0.05) is 25.4 Å². The molecule has 0 aliphatic rings. The highest BCUT2D eigenvalue weighted by atomic mass is 32.2. The Balaban J connectivity index is 2.08. The number of thiophene rings is 1. The monoisotopic (exact) mass is 313 g/mol. The van der Waals surface area contributed by atoms with E-state index in [0.717, 1.165) is 22.5 Å². The van der Waals surface area contributed by atoms with Gasteiger partial charge in [-0.2, -0.15) is 0 Å². The maximum absolute atomic E-state index is 12.1. The first-order valence-corrected chi connectivity index (χ1v) is 8.17. The maximum atomic E-state index is 12.1. The average Bonchev–Trinajstić information content (AvgIpc) is 2.95. The minimum Gasteiger partial charge on any atom is -0.481 e. The van der Waals surface area contributed by atoms with E-state index in [2.05, 4.69) is 9.71 Å². The quantitative estimate of drug-likeness (QED) is 0.832. The highest BCUT2D eigenvalue weighted by molar-refractivity contribution is 7.91. The second-order valence-electron chi connectivity index (χ2n) is 4.01. The van der Waals surface area contributed by atoms with Gasteiger partial charge in [-0.15, -0.1) is 11.3 Å². The summed E-state index contributed by atoms with van der Waals surface area (Å²) >= 11 is 1.16. The Bertz CT molecular complexity index is 683. The van der Waals surface area contributed by atoms with E-state index in [9.17, 15) is 8.42 Å². The molecule has 0 aliphatic heterocycles. The zero-order chi connectivity index (χ0) is 14.6. The van der Waals surface area contributed by atoms with E-state index in [-0.39, 0.29) is 10.8 Å². The molecule has 3 N–H and O–H groups in total. The summed E-state index contributed by atoms with van der Waals surface area (Å²) < 4.78 is 32.0. The van der Waals surface area contributed by atoms with E-state index < -0.39 is 10.0 Å². The van der Waals surface area contributed by atoms with Gasteiger partial charge in [-0.1, -0.05) is 0 Å². The van der Waals surface area contributed by atoms with Gasteiger partial charge in [0.2, 0.25) is 15.9 Å². The average molecular weight is 313 g/mol. The number of nitrogens with zero attached hydrogens (tertiary/aromatic N) is 1. The molecule has 0 aromatic carbocycles. The highest BCUT2D eigenvalue weighted by Gasteiger charge is 2.16. The summed E-state index contributed by atoms with van der Waals surface area (Å²) in [6, 6.07) is 4.99. The molecular weight excluding hydrogens is 298 g/mol. The van der Waals surface area contributed by atoms with Gasteiger partial charge in [-0.3, -0.25) is 0 Å². The largest absolute Gasteiger partial charge is 0.481 e. The predicted octanol–water partition coefficient (Wildman–Crippen LogP) is 1.09. The maximum Gasteiger partial charge on any atom is 0.250 e. The van der Waals surface area contributed by atoms with Crippen molar-refractivity contribution in [1.82, 2.24) is 9.71 Å². The number of sulfonamides is 1. The number of rotatable bonds is 6. The predicted molar refractivity (Wildman–Crippen MR) is 77.0 cm³/mol. The molecule has 0 unspecified atom stereocenters. The Labute approximate surface area is 121 Å². The third kappa shape index (κ3) is 3.54. The van der Waals surface area contributed by atoms with Crippen LogP contribution in [-0.2, 0) is 23.1 Å². The first-order chi connectivity index (χ1) is 9.55. The van der Waals surface area contributed by atoms with Gasteiger partial charge in [-0.25, -0.2) is 18.1 Å². The van der Waals surface area contributed by atoms with Crippen LogP contribution in [0.25, 0.3) is 0 Å². The van der Waals surface area contributed by atoms with Crippen LogP contribution in [0.1, 0.15) is 11.1 Å². The lowest BCUT2D eigenvalue weighted by Crippen LogP contribution is -2.22. The molecule has 2 rings (SSSR count). The fourth-order valence-corrected chi connectivity index (χ4v) is 3.81. The Morgan fingerprint density at radius 2 is 2.20 bits per heavy atom. The van der Waals surface area contributed by atoms with Crippen molar-refractivity contribution >= 4 is 21.4 Å². The Kier molecular flexibility index (Phi) is 4.71. The van der Waals surface area contributed by atoms with Gasteiger partial charge < -0.3 is 10.5 Å². The van der Waals surface area contributed by atoms with Crippen LogP contribution in [0, 0.1) is 0 Å². The van der Waals surface area contributed by atoms with Gasteiger partial charge in [0.1, 0.15) is 4.21 Å². The van der Waals surface area contributed by atoms with Crippen molar-refractivity contribution in [1.29, 1.82) is 0 Å². The van der Waals surface area contributed by atoms with Crippen molar-refractivity contribution < 1.29 is 13.2 Å². The first kappa shape index (κ1) is 14.9. The van der Waals surface area contributed by atoms with Crippen LogP contribution in [-0.4, -0.2) is 20.5 Å². The number of nitrogens with one attached hydrogen (secondary N) is 1. The lowest BCUT2D eigenvalue weighted by Gasteiger charge is -2.06. The van der Waals surface area contributed by atoms with E-state index in [1.165, 1.54) is 7.11 Å². The van der Waals surface area contributed by atoms with Crippen LogP contribution >= 0.6 is 11.3 Å². The second-order valence-corrected chi connectivity index (χ2v) is 6.91. The SMILES string of the molecule is COc1cc(CNS(=O)(=O)c2cc(CN)cs2)ccn1. The van der Waals surface area contributed by atoms with E-state index in [0.29, 0.717) is 12.4 Å². The summed E-state index contributed by atoms with van der Waals surface area (Å²) in [6.45, 7) is 0.505. The van der Waals surface area contributed by atoms with Crippen LogP contribution in [0.3, 0.4) is 0 Å². The number of pyridine rings is 1. The molecule has 0 fully saturated rings. The topological polar surface area (TPSA) is 94.3 Å². The van der Waals surface area contributed by atoms with Crippen molar-refractivity contribution in [3.63, 3.8) is 0 Å². The summed E-state index contributed by atoms with van der Waals surface area (Å²) in [6.07, 6.45) is 1.57. The third-order valence-electron chi connectivity index (χ3n) is 2.60. The molecule has 0 saturated heterocycles. The normalized spacial score (nSPS) is 11.5. The van der Waals surface area contributed by atoms with E-state index in [1.54, 1.807) is 29.8 Å². The van der Waals surface area contributed by atoms with Crippen LogP contribution in [0.15, 0.2) is 34.0 Å². The van der Waals surface area contributed by atoms with Crippen molar-refractivity contribution in [3.05, 3.63) is 40.9 Å². The van der Waals surface area contributed by atoms with E-state index >= 15 is 0 Å². The molecule has 8 heteroatoms. The first-order valence-electron chi connectivity index (χ1n) is 5.81. The second kappa shape index (κ2) is 6.31. The molecule has 0 atom stereocenters. The van der Waals surface area contributed by atoms with Gasteiger partial charge in [0.25, 0.3) is 0 Å². The van der Waals surface area contributed by atoms with Gasteiger partial charge in [-0.05, 0) is 28.6 Å². The van der Waals surface area contributed by atoms with Crippen LogP contribution in [0.4, 0.5) is 0 Å². The minimum atomic E-state index is -3.52. The fraction of sp³-hybridized carbons (Fsp3) is 0.250. The molecule has 0 bridgehead atoms. The Hall–Kier alpha value is -1.48. The number of hydrogen-bond acceptors (Lipinski definition) is 6. The van der Waals surface area contributed by atoms with Gasteiger partial charge in [0.05, 0.1) is 7.11 Å². The number of ether oxygens (including phenoxy) is 1. The standard InChI is InChI=1S/C12H15N3O3S2/c1-18-11-4-9(2-3-14-11)7-15-20(16,17)12-5-10(6-13)8-19-12/h2-5,8,15H,6-7,13H2,1H3. The zero-order valence-corrected chi connectivity index (χ0v) is 12.5. The van der Waals surface area contributed by atoms with Crippen molar-refractivity contribution in [3.8, 4) is 5.88 Å². The summed E-state index contributed by atoms with van der Waals surface area (Å²) in [5.74, 6) is 0.447. The lowest BCUT2D eigenvalue weighted by atomic mass is 10.3. The van der Waals surface area contributed by atoms with Crippen molar-refractivity contribution in [2.75, 3.05) is 7.11 Å². The molecule has 108 valence electrons. The van der Waals surface area contributed by atoms with Crippen LogP contribution in [0.5, 0.6) is 5.88 Å². The number of aromatic nitrogens is 1. The number of methoxy groups -OCH3 is 1. The number of hydrogen-bond donors (Lipinski definition) is 2. The fourth-order valence-electron chi connectivity index (χ4n) is 1.52. The van der Waals surface area contributed by atoms with E-state index in [4.69, 9.17) is 10.5 Å². The molecule has 2 heterocycles. The molecule has 6 nitrogen and oxygen atoms in total. The molecule has 0 radical (unpaired) electrons. The summed E-state index contributed by atoms with van der Waals surface area (Å²) in [4.78, 5) is 3.96. The van der Waals surface area contributed by atoms with E-state index in [1.807, 2.05) is 0 Å². The van der Waals surface area contributed by atoms with Crippen molar-refractivity contribution in [2.45, 2.75) is 17.3 Å². The number of nitrogens with two attached hydrogens (primary N) is 1. The molecule has 20 heavy (non-hydrogen) atoms. The van der Waals surface area contributed by atoms with Crippen LogP contribution < -0.4 is 15.2 Å². The molecule has 0 saturated carbocycles. The van der Waals surface area contributed by atoms with Crippen molar-refractivity contribution in [2.24, 2.45) is 5.73 Å². The zero-order valence-electron chi connectivity index (χ0n) is 10.9. The summed E-state index contributed by atoms with van der Waals surface area (Å²) in [5, 5.41) is 1.74. The highest BCUT2D eigenvalue weighted by Crippen LogP contribution is 2.20. The van der Waals surface area contributed by atoms with Gasteiger partial charge in [0.15, 0.2) is 0 Å². The molecule has 0 amide bonds. The summed E-state index contributed by atoms with van der Waals surface area (Å²) in [7, 11) is -2.01. The van der Waals surface area contributed by atoms with Gasteiger partial charge >= 0.3 is 0 Å². The Morgan fingerprint density at radius 1 is 1.40 bits per heavy atom. The lowest BCUT2D eigenvalue weighted by molar-refractivity contribution is 0.397. The summed E-state index contributed by atoms with van der Waals surface area (Å²) in [5.41, 5.74) is 7.05. The third-order valence-corrected chi connectivity index (χ3v) is 5.49. The molecule has 0 aliphatic carbocycles. The smallest absolute Gasteiger partial charge is 0.250 e. The molecule has 2 aromatic heterocycles. The molecular formula is C12H15N3O3S2. The Morgan fingerprint density at radius 3 is 2.85 bits per heavy atom. The minimum absolute atomic E-state index is 0.178. The molecule has 2 aromatic rings. The molecule has 0 spiro atoms.